The minimum atomic E-state index is -0.475. The summed E-state index contributed by atoms with van der Waals surface area (Å²) in [4.78, 5) is 25.5. The molecule has 0 bridgehead atoms. The van der Waals surface area contributed by atoms with Gasteiger partial charge in [0.05, 0.1) is 11.0 Å². The number of carbonyl (C=O) groups is 1. The number of aliphatic hydroxyl groups is 1. The fraction of sp³-hybridized carbons (Fsp3) is 0.381. The van der Waals surface area contributed by atoms with E-state index in [1.807, 2.05) is 24.3 Å². The van der Waals surface area contributed by atoms with Crippen LogP contribution in [0, 0.1) is 17.0 Å². The molecule has 0 aromatic heterocycles. The summed E-state index contributed by atoms with van der Waals surface area (Å²) in [6.07, 6.45) is 1.36. The Balaban J connectivity index is 1.67. The highest BCUT2D eigenvalue weighted by molar-refractivity contribution is 5.96. The van der Waals surface area contributed by atoms with Crippen LogP contribution in [0.4, 0.5) is 5.69 Å². The fourth-order valence-corrected chi connectivity index (χ4v) is 3.54. The average molecular weight is 383 g/mol. The van der Waals surface area contributed by atoms with Gasteiger partial charge < -0.3 is 10.4 Å². The molecule has 0 unspecified atom stereocenters. The summed E-state index contributed by atoms with van der Waals surface area (Å²) in [5, 5.41) is 23.6. The first-order chi connectivity index (χ1) is 13.5. The van der Waals surface area contributed by atoms with Crippen LogP contribution in [-0.4, -0.2) is 40.0 Å². The van der Waals surface area contributed by atoms with Gasteiger partial charge in [-0.2, -0.15) is 0 Å². The van der Waals surface area contributed by atoms with Gasteiger partial charge in [-0.05, 0) is 37.0 Å². The van der Waals surface area contributed by atoms with Gasteiger partial charge in [0, 0.05) is 43.4 Å². The third-order valence-corrected chi connectivity index (χ3v) is 5.26. The molecule has 0 saturated carbocycles. The van der Waals surface area contributed by atoms with Crippen molar-refractivity contribution in [3.63, 3.8) is 0 Å². The molecular weight excluding hydrogens is 358 g/mol. The van der Waals surface area contributed by atoms with Gasteiger partial charge in [-0.15, -0.1) is 0 Å². The smallest absolute Gasteiger partial charge is 0.273 e. The summed E-state index contributed by atoms with van der Waals surface area (Å²) >= 11 is 0. The number of carbonyl (C=O) groups excluding carboxylic acids is 1. The van der Waals surface area contributed by atoms with Crippen molar-refractivity contribution in [1.82, 2.24) is 10.2 Å². The van der Waals surface area contributed by atoms with Crippen LogP contribution in [0.3, 0.4) is 0 Å². The Morgan fingerprint density at radius 2 is 1.86 bits per heavy atom. The minimum Gasteiger partial charge on any atom is -0.393 e. The average Bonchev–Trinajstić information content (AvgIpc) is 2.68. The SMILES string of the molecule is Cc1c(C(=O)NCc2ccccc2CN2CCC(O)CC2)cccc1[N+](=O)[O-]. The molecule has 2 aromatic carbocycles. The van der Waals surface area contributed by atoms with Crippen LogP contribution in [0.1, 0.15) is 39.9 Å². The van der Waals surface area contributed by atoms with E-state index in [9.17, 15) is 20.0 Å². The number of rotatable bonds is 6. The highest BCUT2D eigenvalue weighted by Crippen LogP contribution is 2.21. The van der Waals surface area contributed by atoms with Crippen molar-refractivity contribution in [1.29, 1.82) is 0 Å². The number of piperidine rings is 1. The summed E-state index contributed by atoms with van der Waals surface area (Å²) in [6, 6.07) is 12.5. The van der Waals surface area contributed by atoms with Crippen LogP contribution in [0.5, 0.6) is 0 Å². The Labute approximate surface area is 164 Å². The van der Waals surface area contributed by atoms with Crippen molar-refractivity contribution in [3.05, 3.63) is 74.8 Å². The molecule has 1 saturated heterocycles. The lowest BCUT2D eigenvalue weighted by atomic mass is 10.0. The minimum absolute atomic E-state index is 0.0552. The maximum absolute atomic E-state index is 12.6. The molecule has 7 nitrogen and oxygen atoms in total. The highest BCUT2D eigenvalue weighted by Gasteiger charge is 2.19. The van der Waals surface area contributed by atoms with Crippen LogP contribution in [0.15, 0.2) is 42.5 Å². The van der Waals surface area contributed by atoms with E-state index < -0.39 is 4.92 Å². The van der Waals surface area contributed by atoms with Crippen molar-refractivity contribution in [2.24, 2.45) is 0 Å². The molecule has 28 heavy (non-hydrogen) atoms. The van der Waals surface area contributed by atoms with E-state index in [1.165, 1.54) is 12.1 Å². The predicted molar refractivity (Wildman–Crippen MR) is 106 cm³/mol. The van der Waals surface area contributed by atoms with E-state index in [0.717, 1.165) is 43.6 Å². The summed E-state index contributed by atoms with van der Waals surface area (Å²) in [5.74, 6) is -0.322. The molecule has 2 N–H and O–H groups in total. The quantitative estimate of drug-likeness (QED) is 0.591. The lowest BCUT2D eigenvalue weighted by molar-refractivity contribution is -0.385. The van der Waals surface area contributed by atoms with E-state index in [1.54, 1.807) is 13.0 Å². The zero-order chi connectivity index (χ0) is 20.1. The van der Waals surface area contributed by atoms with E-state index in [2.05, 4.69) is 10.2 Å². The Morgan fingerprint density at radius 3 is 2.54 bits per heavy atom. The van der Waals surface area contributed by atoms with Crippen molar-refractivity contribution in [2.45, 2.75) is 39.0 Å². The van der Waals surface area contributed by atoms with Crippen LogP contribution >= 0.6 is 0 Å². The molecule has 2 aromatic rings. The second-order valence-corrected chi connectivity index (χ2v) is 7.17. The number of nitro groups is 1. The third-order valence-electron chi connectivity index (χ3n) is 5.26. The van der Waals surface area contributed by atoms with Gasteiger partial charge in [0.2, 0.25) is 0 Å². The molecule has 0 radical (unpaired) electrons. The van der Waals surface area contributed by atoms with Crippen molar-refractivity contribution < 1.29 is 14.8 Å². The Hall–Kier alpha value is -2.77. The van der Waals surface area contributed by atoms with Crippen LogP contribution in [0.25, 0.3) is 0 Å². The molecule has 1 fully saturated rings. The number of aliphatic hydroxyl groups excluding tert-OH is 1. The number of nitrogens with one attached hydrogen (secondary N) is 1. The molecular formula is C21H25N3O4. The predicted octanol–water partition coefficient (Wildman–Crippen LogP) is 2.79. The Bertz CT molecular complexity index is 860. The monoisotopic (exact) mass is 383 g/mol. The molecule has 1 aliphatic rings. The topological polar surface area (TPSA) is 95.7 Å². The van der Waals surface area contributed by atoms with Crippen molar-refractivity contribution in [2.75, 3.05) is 13.1 Å². The van der Waals surface area contributed by atoms with Crippen LogP contribution in [-0.2, 0) is 13.1 Å². The zero-order valence-corrected chi connectivity index (χ0v) is 15.9. The standard InChI is InChI=1S/C21H25N3O4/c1-15-19(7-4-8-20(15)24(27)28)21(26)22-13-16-5-2-3-6-17(16)14-23-11-9-18(25)10-12-23/h2-8,18,25H,9-14H2,1H3,(H,22,26). The maximum Gasteiger partial charge on any atom is 0.273 e. The number of nitro benzene ring substituents is 1. The summed E-state index contributed by atoms with van der Waals surface area (Å²) in [6.45, 7) is 4.43. The molecule has 7 heteroatoms. The van der Waals surface area contributed by atoms with Gasteiger partial charge in [-0.25, -0.2) is 0 Å². The van der Waals surface area contributed by atoms with E-state index >= 15 is 0 Å². The van der Waals surface area contributed by atoms with E-state index in [-0.39, 0.29) is 17.7 Å². The first-order valence-electron chi connectivity index (χ1n) is 9.45. The number of likely N-dealkylation sites (tertiary alicyclic amines) is 1. The first kappa shape index (κ1) is 20.0. The summed E-state index contributed by atoms with van der Waals surface area (Å²) in [5.41, 5.74) is 2.78. The molecule has 0 aliphatic carbocycles. The van der Waals surface area contributed by atoms with E-state index in [0.29, 0.717) is 17.7 Å². The van der Waals surface area contributed by atoms with Gasteiger partial charge in [0.25, 0.3) is 11.6 Å². The van der Waals surface area contributed by atoms with Gasteiger partial charge in [0.1, 0.15) is 0 Å². The maximum atomic E-state index is 12.6. The number of hydrogen-bond donors (Lipinski definition) is 2. The lowest BCUT2D eigenvalue weighted by Gasteiger charge is -2.30. The number of nitrogens with zero attached hydrogens (tertiary/aromatic N) is 2. The molecule has 1 heterocycles. The largest absolute Gasteiger partial charge is 0.393 e. The molecule has 1 amide bonds. The van der Waals surface area contributed by atoms with Gasteiger partial charge in [-0.1, -0.05) is 30.3 Å². The van der Waals surface area contributed by atoms with E-state index in [4.69, 9.17) is 0 Å². The summed E-state index contributed by atoms with van der Waals surface area (Å²) in [7, 11) is 0. The fourth-order valence-electron chi connectivity index (χ4n) is 3.54. The first-order valence-corrected chi connectivity index (χ1v) is 9.45. The normalized spacial score (nSPS) is 15.4. The van der Waals surface area contributed by atoms with Gasteiger partial charge in [-0.3, -0.25) is 19.8 Å². The molecule has 1 aliphatic heterocycles. The second-order valence-electron chi connectivity index (χ2n) is 7.17. The van der Waals surface area contributed by atoms with Crippen molar-refractivity contribution >= 4 is 11.6 Å². The Morgan fingerprint density at radius 1 is 1.18 bits per heavy atom. The number of hydrogen-bond acceptors (Lipinski definition) is 5. The number of amides is 1. The van der Waals surface area contributed by atoms with Crippen LogP contribution < -0.4 is 5.32 Å². The molecule has 148 valence electrons. The van der Waals surface area contributed by atoms with Gasteiger partial charge in [0.15, 0.2) is 0 Å². The van der Waals surface area contributed by atoms with Crippen LogP contribution in [0.2, 0.25) is 0 Å². The number of benzene rings is 2. The molecule has 0 spiro atoms. The molecule has 0 atom stereocenters. The molecule has 3 rings (SSSR count). The lowest BCUT2D eigenvalue weighted by Crippen LogP contribution is -2.35. The third kappa shape index (κ3) is 4.74. The van der Waals surface area contributed by atoms with Gasteiger partial charge >= 0.3 is 0 Å². The second kappa shape index (κ2) is 8.95. The Kier molecular flexibility index (Phi) is 6.38. The van der Waals surface area contributed by atoms with Crippen molar-refractivity contribution in [3.8, 4) is 0 Å². The highest BCUT2D eigenvalue weighted by atomic mass is 16.6. The zero-order valence-electron chi connectivity index (χ0n) is 15.9. The summed E-state index contributed by atoms with van der Waals surface area (Å²) < 4.78 is 0.